The molecule has 2 atom stereocenters. The maximum absolute atomic E-state index is 10.6. The average molecular weight is 292 g/mol. The maximum atomic E-state index is 10.6. The van der Waals surface area contributed by atoms with Crippen molar-refractivity contribution in [3.63, 3.8) is 0 Å². The van der Waals surface area contributed by atoms with Crippen LogP contribution in [0.2, 0.25) is 0 Å². The lowest BCUT2D eigenvalue weighted by molar-refractivity contribution is -0.385. The van der Waals surface area contributed by atoms with E-state index in [1.54, 1.807) is 6.07 Å². The Bertz CT molecular complexity index is 499. The number of aromatic nitrogens is 1. The predicted molar refractivity (Wildman–Crippen MR) is 78.3 cm³/mol. The molecule has 1 aromatic rings. The second-order valence-electron chi connectivity index (χ2n) is 5.72. The first kappa shape index (κ1) is 14.2. The van der Waals surface area contributed by atoms with Gasteiger partial charge in [0.15, 0.2) is 0 Å². The van der Waals surface area contributed by atoms with Gasteiger partial charge in [-0.1, -0.05) is 0 Å². The van der Waals surface area contributed by atoms with Crippen LogP contribution in [0.4, 0.5) is 11.5 Å². The standard InChI is InChI=1S/C14H20N4O3/c19-13-3-1-2-12(13)16-6-8-17(9-7-16)14-5-4-11(10-15-14)18(20)21/h4-5,10,12-13,19H,1-3,6-9H2/t12-,13+/m1/s1. The van der Waals surface area contributed by atoms with Gasteiger partial charge in [0.2, 0.25) is 0 Å². The SMILES string of the molecule is O=[N+]([O-])c1ccc(N2CCN([C@@H]3CCC[C@@H]3O)CC2)nc1. The van der Waals surface area contributed by atoms with Gasteiger partial charge in [-0.15, -0.1) is 0 Å². The Morgan fingerprint density at radius 1 is 1.24 bits per heavy atom. The van der Waals surface area contributed by atoms with E-state index < -0.39 is 4.92 Å². The number of pyridine rings is 1. The van der Waals surface area contributed by atoms with Crippen molar-refractivity contribution in [1.82, 2.24) is 9.88 Å². The van der Waals surface area contributed by atoms with E-state index in [0.717, 1.165) is 51.3 Å². The Balaban J connectivity index is 1.59. The molecule has 2 fully saturated rings. The molecule has 1 aromatic heterocycles. The van der Waals surface area contributed by atoms with Crippen molar-refractivity contribution in [1.29, 1.82) is 0 Å². The number of rotatable bonds is 3. The lowest BCUT2D eigenvalue weighted by atomic mass is 10.1. The molecule has 0 radical (unpaired) electrons. The van der Waals surface area contributed by atoms with E-state index in [1.807, 2.05) is 0 Å². The highest BCUT2D eigenvalue weighted by Crippen LogP contribution is 2.26. The van der Waals surface area contributed by atoms with Gasteiger partial charge in [-0.25, -0.2) is 4.98 Å². The topological polar surface area (TPSA) is 82.7 Å². The summed E-state index contributed by atoms with van der Waals surface area (Å²) in [6.07, 6.45) is 4.22. The Morgan fingerprint density at radius 2 is 2.00 bits per heavy atom. The van der Waals surface area contributed by atoms with Crippen LogP contribution in [-0.2, 0) is 0 Å². The number of aliphatic hydroxyl groups is 1. The van der Waals surface area contributed by atoms with Crippen LogP contribution in [0.25, 0.3) is 0 Å². The number of piperazine rings is 1. The van der Waals surface area contributed by atoms with E-state index in [-0.39, 0.29) is 11.8 Å². The molecule has 114 valence electrons. The van der Waals surface area contributed by atoms with Crippen molar-refractivity contribution < 1.29 is 10.0 Å². The first-order chi connectivity index (χ1) is 10.1. The monoisotopic (exact) mass is 292 g/mol. The highest BCUT2D eigenvalue weighted by molar-refractivity contribution is 5.43. The minimum absolute atomic E-state index is 0.0199. The van der Waals surface area contributed by atoms with E-state index >= 15 is 0 Å². The molecule has 1 aliphatic heterocycles. The first-order valence-corrected chi connectivity index (χ1v) is 7.42. The predicted octanol–water partition coefficient (Wildman–Crippen LogP) is 1.03. The van der Waals surface area contributed by atoms with Crippen LogP contribution in [0.5, 0.6) is 0 Å². The summed E-state index contributed by atoms with van der Waals surface area (Å²) in [6, 6.07) is 3.50. The third-order valence-corrected chi connectivity index (χ3v) is 4.49. The lowest BCUT2D eigenvalue weighted by Crippen LogP contribution is -2.52. The van der Waals surface area contributed by atoms with E-state index in [0.29, 0.717) is 6.04 Å². The van der Waals surface area contributed by atoms with E-state index in [9.17, 15) is 15.2 Å². The van der Waals surface area contributed by atoms with Gasteiger partial charge < -0.3 is 10.0 Å². The van der Waals surface area contributed by atoms with Gasteiger partial charge >= 0.3 is 0 Å². The van der Waals surface area contributed by atoms with Crippen LogP contribution >= 0.6 is 0 Å². The third-order valence-electron chi connectivity index (χ3n) is 4.49. The molecule has 7 nitrogen and oxygen atoms in total. The van der Waals surface area contributed by atoms with Crippen molar-refractivity contribution in [2.24, 2.45) is 0 Å². The highest BCUT2D eigenvalue weighted by atomic mass is 16.6. The molecule has 1 saturated carbocycles. The van der Waals surface area contributed by atoms with Gasteiger partial charge in [-0.05, 0) is 25.3 Å². The highest BCUT2D eigenvalue weighted by Gasteiger charge is 2.32. The normalized spacial score (nSPS) is 27.0. The van der Waals surface area contributed by atoms with Crippen molar-refractivity contribution >= 4 is 11.5 Å². The quantitative estimate of drug-likeness (QED) is 0.661. The summed E-state index contributed by atoms with van der Waals surface area (Å²) in [5, 5.41) is 20.6. The van der Waals surface area contributed by atoms with Gasteiger partial charge in [0.1, 0.15) is 12.0 Å². The van der Waals surface area contributed by atoms with Crippen LogP contribution in [0.1, 0.15) is 19.3 Å². The summed E-state index contributed by atoms with van der Waals surface area (Å²) in [5.74, 6) is 0.784. The Kier molecular flexibility index (Phi) is 4.03. The molecule has 21 heavy (non-hydrogen) atoms. The molecule has 7 heteroatoms. The van der Waals surface area contributed by atoms with Gasteiger partial charge in [-0.3, -0.25) is 15.0 Å². The van der Waals surface area contributed by atoms with E-state index in [4.69, 9.17) is 0 Å². The number of nitro groups is 1. The molecule has 0 unspecified atom stereocenters. The first-order valence-electron chi connectivity index (χ1n) is 7.42. The molecular weight excluding hydrogens is 272 g/mol. The molecule has 0 aromatic carbocycles. The summed E-state index contributed by atoms with van der Waals surface area (Å²) in [4.78, 5) is 18.9. The molecule has 2 aliphatic rings. The van der Waals surface area contributed by atoms with Crippen LogP contribution in [0.3, 0.4) is 0 Å². The number of hydrogen-bond donors (Lipinski definition) is 1. The van der Waals surface area contributed by atoms with Crippen LogP contribution in [-0.4, -0.2) is 58.2 Å². The molecule has 0 spiro atoms. The zero-order valence-electron chi connectivity index (χ0n) is 11.9. The molecule has 1 saturated heterocycles. The van der Waals surface area contributed by atoms with Crippen molar-refractivity contribution in [3.05, 3.63) is 28.4 Å². The third kappa shape index (κ3) is 2.98. The molecule has 1 aliphatic carbocycles. The minimum Gasteiger partial charge on any atom is -0.391 e. The Morgan fingerprint density at radius 3 is 2.52 bits per heavy atom. The van der Waals surface area contributed by atoms with Crippen LogP contribution in [0, 0.1) is 10.1 Å². The molecule has 1 N–H and O–H groups in total. The number of anilines is 1. The molecule has 3 rings (SSSR count). The van der Waals surface area contributed by atoms with Crippen LogP contribution < -0.4 is 4.90 Å². The van der Waals surface area contributed by atoms with Gasteiger partial charge in [-0.2, -0.15) is 0 Å². The second kappa shape index (κ2) is 5.95. The van der Waals surface area contributed by atoms with E-state index in [1.165, 1.54) is 12.3 Å². The van der Waals surface area contributed by atoms with E-state index in [2.05, 4.69) is 14.8 Å². The molecule has 2 heterocycles. The Labute approximate surface area is 123 Å². The van der Waals surface area contributed by atoms with Gasteiger partial charge in [0.25, 0.3) is 5.69 Å². The number of hydrogen-bond acceptors (Lipinski definition) is 6. The summed E-state index contributed by atoms with van der Waals surface area (Å²) in [6.45, 7) is 3.49. The lowest BCUT2D eigenvalue weighted by Gasteiger charge is -2.39. The summed E-state index contributed by atoms with van der Waals surface area (Å²) < 4.78 is 0. The zero-order chi connectivity index (χ0) is 14.8. The number of nitrogens with zero attached hydrogens (tertiary/aromatic N) is 4. The largest absolute Gasteiger partial charge is 0.391 e. The van der Waals surface area contributed by atoms with Gasteiger partial charge in [0.05, 0.1) is 11.0 Å². The average Bonchev–Trinajstić information content (AvgIpc) is 2.94. The summed E-state index contributed by atoms with van der Waals surface area (Å²) >= 11 is 0. The zero-order valence-corrected chi connectivity index (χ0v) is 11.9. The minimum atomic E-state index is -0.434. The fraction of sp³-hybridized carbons (Fsp3) is 0.643. The number of aliphatic hydroxyl groups excluding tert-OH is 1. The van der Waals surface area contributed by atoms with Crippen molar-refractivity contribution in [3.8, 4) is 0 Å². The van der Waals surface area contributed by atoms with Crippen LogP contribution in [0.15, 0.2) is 18.3 Å². The summed E-state index contributed by atoms with van der Waals surface area (Å²) in [5.41, 5.74) is 0.0199. The second-order valence-corrected chi connectivity index (χ2v) is 5.72. The van der Waals surface area contributed by atoms with Crippen molar-refractivity contribution in [2.75, 3.05) is 31.1 Å². The molecule has 0 amide bonds. The summed E-state index contributed by atoms with van der Waals surface area (Å²) in [7, 11) is 0. The Hall–Kier alpha value is -1.73. The van der Waals surface area contributed by atoms with Gasteiger partial charge in [0, 0.05) is 38.3 Å². The molecule has 0 bridgehead atoms. The fourth-order valence-electron chi connectivity index (χ4n) is 3.30. The maximum Gasteiger partial charge on any atom is 0.287 e. The smallest absolute Gasteiger partial charge is 0.287 e. The van der Waals surface area contributed by atoms with Crippen molar-refractivity contribution in [2.45, 2.75) is 31.4 Å². The fourth-order valence-corrected chi connectivity index (χ4v) is 3.30. The molecular formula is C14H20N4O3.